The number of hydrogen-bond donors (Lipinski definition) is 0. The van der Waals surface area contributed by atoms with Gasteiger partial charge in [0.25, 0.3) is 0 Å². The van der Waals surface area contributed by atoms with E-state index in [0.29, 0.717) is 0 Å². The summed E-state index contributed by atoms with van der Waals surface area (Å²) >= 11 is 1.99. The van der Waals surface area contributed by atoms with E-state index in [-0.39, 0.29) is 5.57 Å². The first-order valence-electron chi connectivity index (χ1n) is 3.32. The van der Waals surface area contributed by atoms with E-state index in [9.17, 15) is 14.9 Å². The molecule has 0 atom stereocenters. The van der Waals surface area contributed by atoms with Crippen LogP contribution in [0.3, 0.4) is 0 Å². The molecule has 0 bridgehead atoms. The van der Waals surface area contributed by atoms with E-state index >= 15 is 0 Å². The summed E-state index contributed by atoms with van der Waals surface area (Å²) in [4.78, 5) is 20.5. The summed E-state index contributed by atoms with van der Waals surface area (Å²) in [5.74, 6) is -0.680. The van der Waals surface area contributed by atoms with Crippen molar-refractivity contribution in [1.29, 1.82) is 0 Å². The van der Waals surface area contributed by atoms with Crippen molar-refractivity contribution in [3.05, 3.63) is 40.5 Å². The number of hydrogen-bond acceptors (Lipinski definition) is 4. The van der Waals surface area contributed by atoms with Gasteiger partial charge >= 0.3 is 89.7 Å². The van der Waals surface area contributed by atoms with E-state index in [1.807, 2.05) is 23.1 Å². The molecule has 6 heteroatoms. The quantitative estimate of drug-likeness (QED) is 0.172. The van der Waals surface area contributed by atoms with Gasteiger partial charge in [0.2, 0.25) is 0 Å². The average molecular weight is 231 g/mol. The fourth-order valence-electron chi connectivity index (χ4n) is 0.561. The van der Waals surface area contributed by atoms with Gasteiger partial charge in [-0.2, -0.15) is 0 Å². The molecule has 0 spiro atoms. The zero-order valence-electron chi connectivity index (χ0n) is 7.26. The molecule has 73 valence electrons. The third kappa shape index (κ3) is 3.68. The van der Waals surface area contributed by atoms with Crippen LogP contribution >= 0.6 is 0 Å². The summed E-state index contributed by atoms with van der Waals surface area (Å²) in [6.45, 7) is 4.87. The predicted molar refractivity (Wildman–Crippen MR) is 44.2 cm³/mol. The number of nitro groups is 1. The van der Waals surface area contributed by atoms with Gasteiger partial charge in [0.15, 0.2) is 0 Å². The minimum absolute atomic E-state index is 0.0251. The first-order chi connectivity index (χ1) is 6.56. The van der Waals surface area contributed by atoms with Crippen molar-refractivity contribution in [1.82, 2.24) is 0 Å². The summed E-state index contributed by atoms with van der Waals surface area (Å²) in [5.41, 5.74) is -0.468. The summed E-state index contributed by atoms with van der Waals surface area (Å²) in [5, 5.41) is 10.3. The molecule has 0 saturated carbocycles. The molecule has 0 N–H and O–H groups in total. The Bertz CT molecular complexity index is 319. The average Bonchev–Trinajstić information content (AvgIpc) is 2.18. The Morgan fingerprint density at radius 3 is 2.57 bits per heavy atom. The Kier molecular flexibility index (Phi) is 5.75. The second-order valence-corrected chi connectivity index (χ2v) is 2.41. The Balaban J connectivity index is 5.01. The number of methoxy groups -OCH3 is 1. The molecule has 0 aliphatic carbocycles. The van der Waals surface area contributed by atoms with Gasteiger partial charge < -0.3 is 0 Å². The van der Waals surface area contributed by atoms with E-state index in [4.69, 9.17) is 6.92 Å². The Morgan fingerprint density at radius 1 is 1.71 bits per heavy atom. The van der Waals surface area contributed by atoms with Crippen LogP contribution in [-0.4, -0.2) is 22.7 Å². The molecule has 0 amide bonds. The summed E-state index contributed by atoms with van der Waals surface area (Å²) in [6.07, 6.45) is 2.83. The number of carbonyl (C=O) groups excluding carboxylic acids is 1. The van der Waals surface area contributed by atoms with E-state index < -0.39 is 16.6 Å². The third-order valence-corrected chi connectivity index (χ3v) is 1.63. The van der Waals surface area contributed by atoms with E-state index in [1.54, 1.807) is 0 Å². The summed E-state index contributed by atoms with van der Waals surface area (Å²) < 4.78 is 5.69. The van der Waals surface area contributed by atoms with Gasteiger partial charge in [-0.15, -0.1) is 0 Å². The van der Waals surface area contributed by atoms with Gasteiger partial charge in [-0.1, -0.05) is 0 Å². The number of nitrogens with zero attached hydrogens (tertiary/aromatic N) is 1. The first-order valence-corrected chi connectivity index (χ1v) is 4.12. The van der Waals surface area contributed by atoms with Crippen LogP contribution in [0.1, 0.15) is 0 Å². The zero-order valence-corrected chi connectivity index (χ0v) is 8.66. The van der Waals surface area contributed by atoms with Crippen LogP contribution in [0.5, 0.6) is 0 Å². The molecular formula is C8H6NO4V-. The Labute approximate surface area is 90.1 Å². The van der Waals surface area contributed by atoms with Crippen molar-refractivity contribution in [3.8, 4) is 0 Å². The molecule has 0 rings (SSSR count). The Hall–Kier alpha value is -1.20. The van der Waals surface area contributed by atoms with Crippen molar-refractivity contribution in [2.45, 2.75) is 0 Å². The molecule has 5 nitrogen and oxygen atoms in total. The number of allylic oxidation sites excluding steroid dienone is 2. The maximum absolute atomic E-state index is 11.0. The molecule has 0 heterocycles. The van der Waals surface area contributed by atoms with Crippen molar-refractivity contribution in [2.24, 2.45) is 0 Å². The van der Waals surface area contributed by atoms with Crippen molar-refractivity contribution < 1.29 is 31.4 Å². The van der Waals surface area contributed by atoms with Gasteiger partial charge in [-0.05, 0) is 0 Å². The number of rotatable bonds is 4. The van der Waals surface area contributed by atoms with Gasteiger partial charge in [-0.3, -0.25) is 0 Å². The number of ether oxygens (including phenoxy) is 1. The van der Waals surface area contributed by atoms with Gasteiger partial charge in [0, 0.05) is 0 Å². The topological polar surface area (TPSA) is 69.4 Å². The van der Waals surface area contributed by atoms with Crippen molar-refractivity contribution >= 4 is 10.7 Å². The number of esters is 1. The van der Waals surface area contributed by atoms with Crippen LogP contribution in [0.2, 0.25) is 0 Å². The normalized spacial score (nSPS) is 12.1. The molecule has 0 aromatic rings. The molecule has 0 fully saturated rings. The molecule has 0 unspecified atom stereocenters. The van der Waals surface area contributed by atoms with Crippen LogP contribution in [-0.2, 0) is 26.5 Å². The minimum atomic E-state index is -0.751. The molecule has 2 radical (unpaired) electrons. The van der Waals surface area contributed by atoms with Crippen molar-refractivity contribution in [3.63, 3.8) is 0 Å². The zero-order chi connectivity index (χ0) is 11.1. The van der Waals surface area contributed by atoms with Crippen LogP contribution in [0, 0.1) is 23.1 Å². The third-order valence-electron chi connectivity index (χ3n) is 1.20. The van der Waals surface area contributed by atoms with Crippen LogP contribution < -0.4 is 0 Å². The van der Waals surface area contributed by atoms with Crippen molar-refractivity contribution in [2.75, 3.05) is 7.11 Å². The van der Waals surface area contributed by atoms with Crippen LogP contribution in [0.4, 0.5) is 0 Å². The van der Waals surface area contributed by atoms with Gasteiger partial charge in [0.05, 0.1) is 0 Å². The number of carbonyl (C=O) groups is 1. The van der Waals surface area contributed by atoms with Gasteiger partial charge in [0.1, 0.15) is 0 Å². The maximum atomic E-state index is 11.0. The first kappa shape index (κ1) is 12.8. The SMILES string of the molecule is [CH][C-]=C(/C=C(\[CH]=[V])C(=O)OC)[N+](=O)[O-]. The van der Waals surface area contributed by atoms with Gasteiger partial charge in [-0.25, -0.2) is 0 Å². The Morgan fingerprint density at radius 2 is 2.29 bits per heavy atom. The molecule has 0 aliphatic rings. The van der Waals surface area contributed by atoms with Crippen LogP contribution in [0.25, 0.3) is 0 Å². The summed E-state index contributed by atoms with van der Waals surface area (Å²) in [6, 6.07) is 0. The molecule has 0 aromatic carbocycles. The van der Waals surface area contributed by atoms with Crippen LogP contribution in [0.15, 0.2) is 17.3 Å². The summed E-state index contributed by atoms with van der Waals surface area (Å²) in [7, 11) is 1.17. The van der Waals surface area contributed by atoms with E-state index in [0.717, 1.165) is 6.08 Å². The predicted octanol–water partition coefficient (Wildman–Crippen LogP) is 0.110. The second kappa shape index (κ2) is 6.29. The van der Waals surface area contributed by atoms with E-state index in [1.165, 1.54) is 11.8 Å². The fraction of sp³-hybridized carbons (Fsp3) is 0.125. The molecule has 0 aromatic heterocycles. The van der Waals surface area contributed by atoms with E-state index in [2.05, 4.69) is 4.74 Å². The fourth-order valence-corrected chi connectivity index (χ4v) is 0.842. The molecule has 14 heavy (non-hydrogen) atoms. The molecule has 0 aliphatic heterocycles. The monoisotopic (exact) mass is 231 g/mol. The standard InChI is InChI=1S/C8H6NO4.V/c1-4-7(9(11)12)5-6(2)8(10)13-3;/h1-2,5H,3H3;/q-1;/b6-5+;. The molecule has 0 saturated heterocycles. The second-order valence-electron chi connectivity index (χ2n) is 2.01. The molecular weight excluding hydrogens is 225 g/mol.